The molecule has 0 aliphatic rings. The van der Waals surface area contributed by atoms with Crippen LogP contribution in [0.2, 0.25) is 0 Å². The van der Waals surface area contributed by atoms with E-state index in [-0.39, 0.29) is 5.91 Å². The van der Waals surface area contributed by atoms with E-state index in [0.29, 0.717) is 24.6 Å². The number of amides is 1. The van der Waals surface area contributed by atoms with Crippen molar-refractivity contribution in [2.45, 2.75) is 13.5 Å². The Bertz CT molecular complexity index is 548. The molecular weight excluding hydrogens is 244 g/mol. The Labute approximate surface area is 111 Å². The molecule has 7 nitrogen and oxygen atoms in total. The molecule has 2 N–H and O–H groups in total. The lowest BCUT2D eigenvalue weighted by Gasteiger charge is -2.05. The van der Waals surface area contributed by atoms with E-state index in [1.54, 1.807) is 18.3 Å². The summed E-state index contributed by atoms with van der Waals surface area (Å²) in [5, 5.41) is 13.6. The van der Waals surface area contributed by atoms with Crippen LogP contribution in [0.25, 0.3) is 0 Å². The van der Waals surface area contributed by atoms with Gasteiger partial charge in [0.25, 0.3) is 5.91 Å². The Morgan fingerprint density at radius 1 is 1.37 bits per heavy atom. The van der Waals surface area contributed by atoms with Crippen LogP contribution in [0.4, 0.5) is 5.82 Å². The van der Waals surface area contributed by atoms with Gasteiger partial charge in [0.1, 0.15) is 11.6 Å². The third-order valence-corrected chi connectivity index (χ3v) is 2.58. The normalized spacial score (nSPS) is 10.2. The van der Waals surface area contributed by atoms with Crippen molar-refractivity contribution in [1.82, 2.24) is 25.1 Å². The quantitative estimate of drug-likeness (QED) is 0.821. The molecule has 7 heteroatoms. The number of aryl methyl sites for hydroxylation is 1. The first kappa shape index (κ1) is 13.0. The van der Waals surface area contributed by atoms with E-state index in [2.05, 4.69) is 25.8 Å². The molecule has 0 saturated heterocycles. The van der Waals surface area contributed by atoms with Crippen molar-refractivity contribution in [1.29, 1.82) is 0 Å². The van der Waals surface area contributed by atoms with Crippen molar-refractivity contribution in [3.63, 3.8) is 0 Å². The maximum Gasteiger partial charge on any atom is 0.271 e. The average molecular weight is 260 g/mol. The Morgan fingerprint density at radius 2 is 2.21 bits per heavy atom. The zero-order valence-electron chi connectivity index (χ0n) is 10.9. The van der Waals surface area contributed by atoms with Gasteiger partial charge in [0.15, 0.2) is 5.69 Å². The van der Waals surface area contributed by atoms with Crippen LogP contribution in [-0.4, -0.2) is 32.2 Å². The lowest BCUT2D eigenvalue weighted by Crippen LogP contribution is -2.24. The van der Waals surface area contributed by atoms with Gasteiger partial charge in [0.2, 0.25) is 0 Å². The minimum absolute atomic E-state index is 0.217. The van der Waals surface area contributed by atoms with Crippen LogP contribution in [0.3, 0.4) is 0 Å². The van der Waals surface area contributed by atoms with Gasteiger partial charge in [-0.1, -0.05) is 0 Å². The van der Waals surface area contributed by atoms with E-state index in [9.17, 15) is 4.79 Å². The van der Waals surface area contributed by atoms with Gasteiger partial charge in [-0.15, -0.1) is 10.2 Å². The molecule has 0 spiro atoms. The number of carbonyl (C=O) groups is 1. The van der Waals surface area contributed by atoms with Gasteiger partial charge in [-0.3, -0.25) is 4.79 Å². The van der Waals surface area contributed by atoms with Gasteiger partial charge in [0.05, 0.1) is 6.54 Å². The summed E-state index contributed by atoms with van der Waals surface area (Å²) in [5.41, 5.74) is 0.310. The molecule has 0 aliphatic carbocycles. The summed E-state index contributed by atoms with van der Waals surface area (Å²) in [6.07, 6.45) is 3.61. The summed E-state index contributed by atoms with van der Waals surface area (Å²) < 4.78 is 1.92. The molecule has 0 aliphatic heterocycles. The maximum atomic E-state index is 11.5. The van der Waals surface area contributed by atoms with Gasteiger partial charge < -0.3 is 15.2 Å². The zero-order valence-corrected chi connectivity index (χ0v) is 10.9. The van der Waals surface area contributed by atoms with Gasteiger partial charge >= 0.3 is 0 Å². The first-order chi connectivity index (χ1) is 9.20. The van der Waals surface area contributed by atoms with Crippen molar-refractivity contribution in [2.24, 2.45) is 7.05 Å². The van der Waals surface area contributed by atoms with Gasteiger partial charge in [-0.05, 0) is 19.1 Å². The van der Waals surface area contributed by atoms with Crippen molar-refractivity contribution in [2.75, 3.05) is 11.9 Å². The van der Waals surface area contributed by atoms with Crippen molar-refractivity contribution in [3.05, 3.63) is 36.0 Å². The highest BCUT2D eigenvalue weighted by atomic mass is 16.1. The van der Waals surface area contributed by atoms with Crippen LogP contribution >= 0.6 is 0 Å². The topological polar surface area (TPSA) is 84.7 Å². The highest BCUT2D eigenvalue weighted by Gasteiger charge is 2.06. The van der Waals surface area contributed by atoms with Crippen molar-refractivity contribution in [3.8, 4) is 0 Å². The Morgan fingerprint density at radius 3 is 2.79 bits per heavy atom. The fourth-order valence-corrected chi connectivity index (χ4v) is 1.54. The summed E-state index contributed by atoms with van der Waals surface area (Å²) in [4.78, 5) is 15.7. The molecule has 2 aromatic heterocycles. The fourth-order valence-electron chi connectivity index (χ4n) is 1.54. The Hall–Kier alpha value is -2.44. The number of nitrogens with zero attached hydrogens (tertiary/aromatic N) is 4. The van der Waals surface area contributed by atoms with E-state index in [0.717, 1.165) is 5.82 Å². The molecule has 0 unspecified atom stereocenters. The smallest absolute Gasteiger partial charge is 0.271 e. The second-order valence-electron chi connectivity index (χ2n) is 3.97. The third kappa shape index (κ3) is 3.27. The second kappa shape index (κ2) is 5.94. The van der Waals surface area contributed by atoms with E-state index in [1.807, 2.05) is 24.7 Å². The standard InChI is InChI=1S/C12H16N6O/c1-3-13-12(19)9-4-5-10(17-16-9)15-8-11-14-6-7-18(11)2/h4-7H,3,8H2,1-2H3,(H,13,19)(H,15,17). The Balaban J connectivity index is 1.95. The van der Waals surface area contributed by atoms with Crippen LogP contribution in [-0.2, 0) is 13.6 Å². The lowest BCUT2D eigenvalue weighted by atomic mass is 10.3. The molecule has 2 aromatic rings. The first-order valence-corrected chi connectivity index (χ1v) is 6.02. The first-order valence-electron chi connectivity index (χ1n) is 6.02. The molecule has 0 aromatic carbocycles. The SMILES string of the molecule is CCNC(=O)c1ccc(NCc2nccn2C)nn1. The van der Waals surface area contributed by atoms with Crippen molar-refractivity contribution >= 4 is 11.7 Å². The maximum absolute atomic E-state index is 11.5. The van der Waals surface area contributed by atoms with Crippen LogP contribution in [0, 0.1) is 0 Å². The molecule has 0 fully saturated rings. The molecule has 0 radical (unpaired) electrons. The highest BCUT2D eigenvalue weighted by molar-refractivity contribution is 5.92. The summed E-state index contributed by atoms with van der Waals surface area (Å²) in [5.74, 6) is 1.29. The predicted octanol–water partition coefficient (Wildman–Crippen LogP) is 0.572. The fraction of sp³-hybridized carbons (Fsp3) is 0.333. The predicted molar refractivity (Wildman–Crippen MR) is 70.6 cm³/mol. The summed E-state index contributed by atoms with van der Waals surface area (Å²) in [6.45, 7) is 2.98. The number of imidazole rings is 1. The number of carbonyl (C=O) groups excluding carboxylic acids is 1. The zero-order chi connectivity index (χ0) is 13.7. The minimum Gasteiger partial charge on any atom is -0.361 e. The Kier molecular flexibility index (Phi) is 4.07. The third-order valence-electron chi connectivity index (χ3n) is 2.58. The van der Waals surface area contributed by atoms with Crippen LogP contribution < -0.4 is 10.6 Å². The molecule has 2 heterocycles. The molecule has 0 bridgehead atoms. The molecular formula is C12H16N6O. The number of rotatable bonds is 5. The summed E-state index contributed by atoms with van der Waals surface area (Å²) in [7, 11) is 1.92. The number of anilines is 1. The molecule has 100 valence electrons. The number of aromatic nitrogens is 4. The largest absolute Gasteiger partial charge is 0.361 e. The van der Waals surface area contributed by atoms with Crippen molar-refractivity contribution < 1.29 is 4.79 Å². The van der Waals surface area contributed by atoms with Gasteiger partial charge in [0, 0.05) is 26.0 Å². The number of nitrogens with one attached hydrogen (secondary N) is 2. The summed E-state index contributed by atoms with van der Waals surface area (Å²) in [6, 6.07) is 3.36. The monoisotopic (exact) mass is 260 g/mol. The lowest BCUT2D eigenvalue weighted by molar-refractivity contribution is 0.0950. The molecule has 1 amide bonds. The average Bonchev–Trinajstić information content (AvgIpc) is 2.83. The number of hydrogen-bond donors (Lipinski definition) is 2. The van der Waals surface area contributed by atoms with Gasteiger partial charge in [-0.25, -0.2) is 4.98 Å². The molecule has 0 atom stereocenters. The summed E-state index contributed by atoms with van der Waals surface area (Å²) >= 11 is 0. The highest BCUT2D eigenvalue weighted by Crippen LogP contribution is 2.04. The molecule has 0 saturated carbocycles. The molecule has 2 rings (SSSR count). The van der Waals surface area contributed by atoms with Gasteiger partial charge in [-0.2, -0.15) is 0 Å². The van der Waals surface area contributed by atoms with E-state index in [4.69, 9.17) is 0 Å². The molecule has 19 heavy (non-hydrogen) atoms. The minimum atomic E-state index is -0.217. The van der Waals surface area contributed by atoms with E-state index >= 15 is 0 Å². The van der Waals surface area contributed by atoms with E-state index < -0.39 is 0 Å². The second-order valence-corrected chi connectivity index (χ2v) is 3.97. The van der Waals surface area contributed by atoms with Crippen LogP contribution in [0.15, 0.2) is 24.5 Å². The van der Waals surface area contributed by atoms with Crippen LogP contribution in [0.5, 0.6) is 0 Å². The number of hydrogen-bond acceptors (Lipinski definition) is 5. The van der Waals surface area contributed by atoms with Crippen LogP contribution in [0.1, 0.15) is 23.2 Å². The van der Waals surface area contributed by atoms with E-state index in [1.165, 1.54) is 0 Å².